The Bertz CT molecular complexity index is 366. The predicted molar refractivity (Wildman–Crippen MR) is 74.1 cm³/mol. The van der Waals surface area contributed by atoms with Gasteiger partial charge in [0.25, 0.3) is 0 Å². The highest BCUT2D eigenvalue weighted by molar-refractivity contribution is 5.38. The van der Waals surface area contributed by atoms with Gasteiger partial charge in [0, 0.05) is 19.2 Å². The van der Waals surface area contributed by atoms with E-state index >= 15 is 0 Å². The quantitative estimate of drug-likeness (QED) is 0.802. The standard InChI is InChI=1S/C13H24N4O/c1-10(2)9-18-13-8-12(15-11(3)16-13)14-6-7-17(4)5/h8,10H,6-7,9H2,1-5H3,(H,14,15,16). The summed E-state index contributed by atoms with van der Waals surface area (Å²) < 4.78 is 5.61. The maximum atomic E-state index is 5.61. The molecule has 0 amide bonds. The minimum atomic E-state index is 0.491. The van der Waals surface area contributed by atoms with E-state index in [2.05, 4.69) is 34.0 Å². The lowest BCUT2D eigenvalue weighted by Gasteiger charge is -2.13. The average Bonchev–Trinajstić information content (AvgIpc) is 2.25. The number of hydrogen-bond donors (Lipinski definition) is 1. The van der Waals surface area contributed by atoms with Crippen LogP contribution in [-0.2, 0) is 0 Å². The lowest BCUT2D eigenvalue weighted by Crippen LogP contribution is -2.21. The van der Waals surface area contributed by atoms with Gasteiger partial charge < -0.3 is 15.0 Å². The zero-order valence-electron chi connectivity index (χ0n) is 12.0. The summed E-state index contributed by atoms with van der Waals surface area (Å²) in [4.78, 5) is 10.7. The first-order valence-corrected chi connectivity index (χ1v) is 6.34. The molecule has 0 spiro atoms. The molecule has 0 atom stereocenters. The van der Waals surface area contributed by atoms with E-state index in [0.717, 1.165) is 24.7 Å². The van der Waals surface area contributed by atoms with Crippen molar-refractivity contribution in [3.8, 4) is 5.88 Å². The molecule has 0 aromatic carbocycles. The summed E-state index contributed by atoms with van der Waals surface area (Å²) >= 11 is 0. The summed E-state index contributed by atoms with van der Waals surface area (Å²) in [7, 11) is 4.09. The summed E-state index contributed by atoms with van der Waals surface area (Å²) in [5, 5.41) is 3.27. The van der Waals surface area contributed by atoms with E-state index in [1.807, 2.05) is 27.1 Å². The molecule has 1 rings (SSSR count). The van der Waals surface area contributed by atoms with Crippen LogP contribution in [0.15, 0.2) is 6.07 Å². The lowest BCUT2D eigenvalue weighted by atomic mass is 10.2. The predicted octanol–water partition coefficient (Wildman–Crippen LogP) is 1.79. The molecule has 0 aliphatic carbocycles. The minimum Gasteiger partial charge on any atom is -0.477 e. The first-order valence-electron chi connectivity index (χ1n) is 6.34. The SMILES string of the molecule is Cc1nc(NCCN(C)C)cc(OCC(C)C)n1. The van der Waals surface area contributed by atoms with Crippen molar-refractivity contribution < 1.29 is 4.74 Å². The van der Waals surface area contributed by atoms with Gasteiger partial charge >= 0.3 is 0 Å². The Morgan fingerprint density at radius 3 is 2.67 bits per heavy atom. The van der Waals surface area contributed by atoms with Crippen molar-refractivity contribution in [2.24, 2.45) is 5.92 Å². The van der Waals surface area contributed by atoms with E-state index in [-0.39, 0.29) is 0 Å². The Morgan fingerprint density at radius 2 is 2.06 bits per heavy atom. The highest BCUT2D eigenvalue weighted by Crippen LogP contribution is 2.13. The molecule has 0 saturated heterocycles. The number of rotatable bonds is 7. The molecule has 1 aromatic heterocycles. The number of aryl methyl sites for hydroxylation is 1. The molecule has 18 heavy (non-hydrogen) atoms. The number of anilines is 1. The molecule has 5 heteroatoms. The van der Waals surface area contributed by atoms with E-state index in [9.17, 15) is 0 Å². The van der Waals surface area contributed by atoms with Crippen molar-refractivity contribution in [1.29, 1.82) is 0 Å². The highest BCUT2D eigenvalue weighted by atomic mass is 16.5. The number of hydrogen-bond acceptors (Lipinski definition) is 5. The third kappa shape index (κ3) is 5.82. The summed E-state index contributed by atoms with van der Waals surface area (Å²) in [6.07, 6.45) is 0. The largest absolute Gasteiger partial charge is 0.477 e. The van der Waals surface area contributed by atoms with Gasteiger partial charge in [0.1, 0.15) is 11.6 Å². The van der Waals surface area contributed by atoms with Gasteiger partial charge in [-0.3, -0.25) is 0 Å². The molecule has 1 aromatic rings. The third-order valence-corrected chi connectivity index (χ3v) is 2.24. The van der Waals surface area contributed by atoms with E-state index in [1.54, 1.807) is 0 Å². The second-order valence-corrected chi connectivity index (χ2v) is 5.07. The Balaban J connectivity index is 2.57. The van der Waals surface area contributed by atoms with Gasteiger partial charge in [-0.1, -0.05) is 13.8 Å². The maximum Gasteiger partial charge on any atom is 0.218 e. The summed E-state index contributed by atoms with van der Waals surface area (Å²) in [5.41, 5.74) is 0. The Labute approximate surface area is 110 Å². The van der Waals surface area contributed by atoms with Gasteiger partial charge in [-0.05, 0) is 26.9 Å². The van der Waals surface area contributed by atoms with Crippen LogP contribution < -0.4 is 10.1 Å². The number of nitrogens with one attached hydrogen (secondary N) is 1. The van der Waals surface area contributed by atoms with Crippen LogP contribution in [0.5, 0.6) is 5.88 Å². The first kappa shape index (κ1) is 14.7. The van der Waals surface area contributed by atoms with Gasteiger partial charge in [-0.15, -0.1) is 0 Å². The van der Waals surface area contributed by atoms with Crippen molar-refractivity contribution in [2.45, 2.75) is 20.8 Å². The molecule has 5 nitrogen and oxygen atoms in total. The second-order valence-electron chi connectivity index (χ2n) is 5.07. The van der Waals surface area contributed by atoms with Crippen LogP contribution in [0.4, 0.5) is 5.82 Å². The van der Waals surface area contributed by atoms with Crippen LogP contribution in [-0.4, -0.2) is 48.7 Å². The molecular weight excluding hydrogens is 228 g/mol. The summed E-state index contributed by atoms with van der Waals surface area (Å²) in [6.45, 7) is 8.60. The van der Waals surface area contributed by atoms with Crippen LogP contribution >= 0.6 is 0 Å². The van der Waals surface area contributed by atoms with E-state index < -0.39 is 0 Å². The maximum absolute atomic E-state index is 5.61. The van der Waals surface area contributed by atoms with Gasteiger partial charge in [0.05, 0.1) is 6.61 Å². The van der Waals surface area contributed by atoms with Crippen LogP contribution in [0.25, 0.3) is 0 Å². The first-order chi connectivity index (χ1) is 8.47. The Kier molecular flexibility index (Phi) is 5.85. The number of nitrogens with zero attached hydrogens (tertiary/aromatic N) is 3. The molecule has 1 N–H and O–H groups in total. The van der Waals surface area contributed by atoms with Crippen molar-refractivity contribution >= 4 is 5.82 Å². The van der Waals surface area contributed by atoms with Crippen molar-refractivity contribution in [3.05, 3.63) is 11.9 Å². The Morgan fingerprint density at radius 1 is 1.33 bits per heavy atom. The fourth-order valence-electron chi connectivity index (χ4n) is 1.36. The summed E-state index contributed by atoms with van der Waals surface area (Å²) in [5.74, 6) is 2.68. The smallest absolute Gasteiger partial charge is 0.218 e. The van der Waals surface area contributed by atoms with Crippen LogP contribution in [0.2, 0.25) is 0 Å². The van der Waals surface area contributed by atoms with E-state index in [0.29, 0.717) is 18.4 Å². The van der Waals surface area contributed by atoms with Gasteiger partial charge in [-0.25, -0.2) is 4.98 Å². The van der Waals surface area contributed by atoms with Crippen LogP contribution in [0.1, 0.15) is 19.7 Å². The van der Waals surface area contributed by atoms with E-state index in [1.165, 1.54) is 0 Å². The number of aromatic nitrogens is 2. The zero-order valence-corrected chi connectivity index (χ0v) is 12.0. The topological polar surface area (TPSA) is 50.3 Å². The van der Waals surface area contributed by atoms with Gasteiger partial charge in [-0.2, -0.15) is 4.98 Å². The fourth-order valence-corrected chi connectivity index (χ4v) is 1.36. The van der Waals surface area contributed by atoms with E-state index in [4.69, 9.17) is 4.74 Å². The summed E-state index contributed by atoms with van der Waals surface area (Å²) in [6, 6.07) is 1.85. The highest BCUT2D eigenvalue weighted by Gasteiger charge is 2.04. The average molecular weight is 252 g/mol. The third-order valence-electron chi connectivity index (χ3n) is 2.24. The molecule has 1 heterocycles. The zero-order chi connectivity index (χ0) is 13.5. The van der Waals surface area contributed by atoms with Crippen LogP contribution in [0.3, 0.4) is 0 Å². The fraction of sp³-hybridized carbons (Fsp3) is 0.692. The van der Waals surface area contributed by atoms with Gasteiger partial charge in [0.15, 0.2) is 0 Å². The van der Waals surface area contributed by atoms with Crippen molar-refractivity contribution in [1.82, 2.24) is 14.9 Å². The second kappa shape index (κ2) is 7.16. The molecule has 0 bridgehead atoms. The van der Waals surface area contributed by atoms with Gasteiger partial charge in [0.2, 0.25) is 5.88 Å². The monoisotopic (exact) mass is 252 g/mol. The minimum absolute atomic E-state index is 0.491. The molecule has 0 fully saturated rings. The molecule has 0 aliphatic heterocycles. The van der Waals surface area contributed by atoms with Crippen LogP contribution in [0, 0.1) is 12.8 Å². The van der Waals surface area contributed by atoms with Crippen molar-refractivity contribution in [3.63, 3.8) is 0 Å². The molecule has 0 saturated carbocycles. The normalized spacial score (nSPS) is 11.1. The number of ether oxygens (including phenoxy) is 1. The molecule has 0 radical (unpaired) electrons. The number of likely N-dealkylation sites (N-methyl/N-ethyl adjacent to an activating group) is 1. The molecular formula is C13H24N4O. The molecule has 102 valence electrons. The lowest BCUT2D eigenvalue weighted by molar-refractivity contribution is 0.260. The Hall–Kier alpha value is -1.36. The molecule has 0 aliphatic rings. The molecule has 0 unspecified atom stereocenters. The van der Waals surface area contributed by atoms with Crippen molar-refractivity contribution in [2.75, 3.05) is 39.1 Å².